The van der Waals surface area contributed by atoms with Gasteiger partial charge in [-0.25, -0.2) is 4.39 Å². The number of nitrogens with one attached hydrogen (secondary N) is 2. The van der Waals surface area contributed by atoms with Gasteiger partial charge >= 0.3 is 0 Å². The van der Waals surface area contributed by atoms with Crippen LogP contribution in [0.2, 0.25) is 0 Å². The molecule has 3 nitrogen and oxygen atoms in total. The topological polar surface area (TPSA) is 41.1 Å². The summed E-state index contributed by atoms with van der Waals surface area (Å²) in [6, 6.07) is 4.60. The number of amides is 1. The number of halogens is 2. The summed E-state index contributed by atoms with van der Waals surface area (Å²) in [5.74, 6) is 0.0645. The Morgan fingerprint density at radius 3 is 2.84 bits per heavy atom. The van der Waals surface area contributed by atoms with Gasteiger partial charge in [0.2, 0.25) is 0 Å². The largest absolute Gasteiger partial charge is 0.348 e. The highest BCUT2D eigenvalue weighted by molar-refractivity contribution is 5.94. The summed E-state index contributed by atoms with van der Waals surface area (Å²) in [6.45, 7) is 5.61. The van der Waals surface area contributed by atoms with E-state index in [1.165, 1.54) is 12.1 Å². The van der Waals surface area contributed by atoms with Crippen molar-refractivity contribution < 1.29 is 9.18 Å². The van der Waals surface area contributed by atoms with Gasteiger partial charge in [0.25, 0.3) is 5.91 Å². The minimum absolute atomic E-state index is 0. The molecule has 1 aromatic carbocycles. The summed E-state index contributed by atoms with van der Waals surface area (Å²) in [5.41, 5.74) is 1.02. The van der Waals surface area contributed by atoms with E-state index in [1.807, 2.05) is 0 Å². The zero-order valence-electron chi connectivity index (χ0n) is 11.2. The second kappa shape index (κ2) is 6.87. The first kappa shape index (κ1) is 15.9. The maximum atomic E-state index is 13.1. The molecule has 1 amide bonds. The van der Waals surface area contributed by atoms with Crippen molar-refractivity contribution in [1.82, 2.24) is 10.6 Å². The van der Waals surface area contributed by atoms with Gasteiger partial charge in [0.05, 0.1) is 0 Å². The third-order valence-electron chi connectivity index (χ3n) is 3.56. The zero-order chi connectivity index (χ0) is 13.1. The van der Waals surface area contributed by atoms with Crippen molar-refractivity contribution in [2.75, 3.05) is 13.1 Å². The Balaban J connectivity index is 0.00000180. The van der Waals surface area contributed by atoms with E-state index in [1.54, 1.807) is 13.0 Å². The first-order chi connectivity index (χ1) is 8.58. The summed E-state index contributed by atoms with van der Waals surface area (Å²) >= 11 is 0. The van der Waals surface area contributed by atoms with E-state index in [0.29, 0.717) is 17.0 Å². The van der Waals surface area contributed by atoms with Gasteiger partial charge in [-0.3, -0.25) is 4.79 Å². The van der Waals surface area contributed by atoms with Crippen LogP contribution in [0, 0.1) is 18.7 Å². The molecule has 2 N–H and O–H groups in total. The lowest BCUT2D eigenvalue weighted by atomic mass is 9.94. The van der Waals surface area contributed by atoms with Gasteiger partial charge in [0.1, 0.15) is 5.82 Å². The smallest absolute Gasteiger partial charge is 0.251 e. The van der Waals surface area contributed by atoms with Crippen molar-refractivity contribution in [3.63, 3.8) is 0 Å². The van der Waals surface area contributed by atoms with Crippen LogP contribution < -0.4 is 10.6 Å². The average Bonchev–Trinajstić information content (AvgIpc) is 2.35. The lowest BCUT2D eigenvalue weighted by Gasteiger charge is -2.30. The van der Waals surface area contributed by atoms with Crippen LogP contribution in [0.4, 0.5) is 4.39 Å². The molecular weight excluding hydrogens is 267 g/mol. The molecule has 1 aliphatic rings. The highest BCUT2D eigenvalue weighted by Crippen LogP contribution is 2.13. The van der Waals surface area contributed by atoms with E-state index >= 15 is 0 Å². The molecule has 0 aromatic heterocycles. The quantitative estimate of drug-likeness (QED) is 0.876. The third-order valence-corrected chi connectivity index (χ3v) is 3.56. The van der Waals surface area contributed by atoms with E-state index in [2.05, 4.69) is 17.6 Å². The summed E-state index contributed by atoms with van der Waals surface area (Å²) in [4.78, 5) is 12.1. The van der Waals surface area contributed by atoms with Crippen LogP contribution in [0.15, 0.2) is 18.2 Å². The fourth-order valence-corrected chi connectivity index (χ4v) is 2.22. The SMILES string of the molecule is Cc1cc(C(=O)NC2CNCCC2C)ccc1F.Cl. The molecule has 1 aliphatic heterocycles. The van der Waals surface area contributed by atoms with Gasteiger partial charge in [-0.05, 0) is 49.6 Å². The normalized spacial score (nSPS) is 22.5. The summed E-state index contributed by atoms with van der Waals surface area (Å²) in [6.07, 6.45) is 1.06. The monoisotopic (exact) mass is 286 g/mol. The highest BCUT2D eigenvalue weighted by Gasteiger charge is 2.23. The second-order valence-corrected chi connectivity index (χ2v) is 5.01. The van der Waals surface area contributed by atoms with E-state index < -0.39 is 0 Å². The zero-order valence-corrected chi connectivity index (χ0v) is 12.0. The molecule has 2 rings (SSSR count). The van der Waals surface area contributed by atoms with Crippen LogP contribution in [0.1, 0.15) is 29.3 Å². The maximum absolute atomic E-state index is 13.1. The molecule has 1 fully saturated rings. The van der Waals surface area contributed by atoms with Crippen molar-refractivity contribution in [3.8, 4) is 0 Å². The Kier molecular flexibility index (Phi) is 5.76. The van der Waals surface area contributed by atoms with Crippen molar-refractivity contribution in [2.24, 2.45) is 5.92 Å². The maximum Gasteiger partial charge on any atom is 0.251 e. The number of piperidine rings is 1. The van der Waals surface area contributed by atoms with E-state index in [4.69, 9.17) is 0 Å². The predicted octanol–water partition coefficient (Wildman–Crippen LogP) is 2.28. The van der Waals surface area contributed by atoms with E-state index in [9.17, 15) is 9.18 Å². The molecule has 19 heavy (non-hydrogen) atoms. The van der Waals surface area contributed by atoms with Crippen molar-refractivity contribution in [1.29, 1.82) is 0 Å². The Bertz CT molecular complexity index is 453. The standard InChI is InChI=1S/C14H19FN2O.ClH/c1-9-5-6-16-8-13(9)17-14(18)11-3-4-12(15)10(2)7-11;/h3-4,7,9,13,16H,5-6,8H2,1-2H3,(H,17,18);1H. The molecule has 1 aromatic rings. The summed E-state index contributed by atoms with van der Waals surface area (Å²) < 4.78 is 13.1. The van der Waals surface area contributed by atoms with Crippen molar-refractivity contribution in [3.05, 3.63) is 35.1 Å². The molecule has 0 spiro atoms. The molecule has 0 bridgehead atoms. The predicted molar refractivity (Wildman–Crippen MR) is 76.3 cm³/mol. The van der Waals surface area contributed by atoms with E-state index in [0.717, 1.165) is 19.5 Å². The second-order valence-electron chi connectivity index (χ2n) is 5.01. The molecule has 0 saturated carbocycles. The molecular formula is C14H20ClFN2O. The summed E-state index contributed by atoms with van der Waals surface area (Å²) in [7, 11) is 0. The number of aryl methyl sites for hydroxylation is 1. The third kappa shape index (κ3) is 3.91. The van der Waals surface area contributed by atoms with E-state index in [-0.39, 0.29) is 30.2 Å². The van der Waals surface area contributed by atoms with Crippen LogP contribution in [0.5, 0.6) is 0 Å². The fourth-order valence-electron chi connectivity index (χ4n) is 2.22. The van der Waals surface area contributed by atoms with Crippen LogP contribution in [0.25, 0.3) is 0 Å². The number of hydrogen-bond donors (Lipinski definition) is 2. The van der Waals surface area contributed by atoms with Gasteiger partial charge in [-0.2, -0.15) is 0 Å². The number of hydrogen-bond acceptors (Lipinski definition) is 2. The number of carbonyl (C=O) groups excluding carboxylic acids is 1. The van der Waals surface area contributed by atoms with Gasteiger partial charge in [0, 0.05) is 18.2 Å². The number of benzene rings is 1. The number of rotatable bonds is 2. The molecule has 2 atom stereocenters. The van der Waals surface area contributed by atoms with Crippen LogP contribution >= 0.6 is 12.4 Å². The Morgan fingerprint density at radius 1 is 1.47 bits per heavy atom. The van der Waals surface area contributed by atoms with Gasteiger partial charge < -0.3 is 10.6 Å². The van der Waals surface area contributed by atoms with Crippen molar-refractivity contribution >= 4 is 18.3 Å². The molecule has 1 saturated heterocycles. The van der Waals surface area contributed by atoms with Crippen molar-refractivity contribution in [2.45, 2.75) is 26.3 Å². The average molecular weight is 287 g/mol. The highest BCUT2D eigenvalue weighted by atomic mass is 35.5. The molecule has 0 aliphatic carbocycles. The first-order valence-electron chi connectivity index (χ1n) is 6.35. The Labute approximate surface area is 119 Å². The van der Waals surface area contributed by atoms with Gasteiger partial charge in [-0.1, -0.05) is 6.92 Å². The fraction of sp³-hybridized carbons (Fsp3) is 0.500. The van der Waals surface area contributed by atoms with Gasteiger partial charge in [-0.15, -0.1) is 12.4 Å². The number of carbonyl (C=O) groups is 1. The molecule has 0 radical (unpaired) electrons. The lowest BCUT2D eigenvalue weighted by molar-refractivity contribution is 0.0915. The first-order valence-corrected chi connectivity index (χ1v) is 6.35. The minimum atomic E-state index is -0.278. The lowest BCUT2D eigenvalue weighted by Crippen LogP contribution is -2.50. The molecule has 2 unspecified atom stereocenters. The summed E-state index contributed by atoms with van der Waals surface area (Å²) in [5, 5.41) is 6.28. The molecule has 106 valence electrons. The van der Waals surface area contributed by atoms with Crippen LogP contribution in [-0.2, 0) is 0 Å². The Morgan fingerprint density at radius 2 is 2.21 bits per heavy atom. The van der Waals surface area contributed by atoms with Crippen LogP contribution in [0.3, 0.4) is 0 Å². The van der Waals surface area contributed by atoms with Crippen LogP contribution in [-0.4, -0.2) is 25.0 Å². The molecule has 5 heteroatoms. The molecule has 1 heterocycles. The Hall–Kier alpha value is -1.13. The minimum Gasteiger partial charge on any atom is -0.348 e. The van der Waals surface area contributed by atoms with Gasteiger partial charge in [0.15, 0.2) is 0 Å².